The second-order valence-corrected chi connectivity index (χ2v) is 7.27. The van der Waals surface area contributed by atoms with Crippen LogP contribution >= 0.6 is 46.5 Å². The molecule has 0 aliphatic rings. The summed E-state index contributed by atoms with van der Waals surface area (Å²) in [6.45, 7) is 0. The third-order valence-corrected chi connectivity index (χ3v) is 5.52. The summed E-state index contributed by atoms with van der Waals surface area (Å²) in [5.41, 5.74) is 6.71. The fourth-order valence-corrected chi connectivity index (χ4v) is 3.69. The number of nitrogen functional groups attached to an aromatic ring is 1. The summed E-state index contributed by atoms with van der Waals surface area (Å²) < 4.78 is 1.65. The summed E-state index contributed by atoms with van der Waals surface area (Å²) in [6, 6.07) is 4.95. The summed E-state index contributed by atoms with van der Waals surface area (Å²) in [5, 5.41) is 11.1. The quantitative estimate of drug-likeness (QED) is 0.639. The molecule has 1 heterocycles. The summed E-state index contributed by atoms with van der Waals surface area (Å²) in [4.78, 5) is 11.8. The summed E-state index contributed by atoms with van der Waals surface area (Å²) in [6.07, 6.45) is 1.93. The van der Waals surface area contributed by atoms with E-state index < -0.39 is 0 Å². The van der Waals surface area contributed by atoms with Crippen molar-refractivity contribution in [2.45, 2.75) is 8.68 Å². The Hall–Kier alpha value is -0.960. The minimum atomic E-state index is -0.164. The predicted octanol–water partition coefficient (Wildman–Crippen LogP) is 3.23. The van der Waals surface area contributed by atoms with Crippen molar-refractivity contribution in [2.75, 3.05) is 23.1 Å². The molecule has 0 fully saturated rings. The summed E-state index contributed by atoms with van der Waals surface area (Å²) >= 11 is 10.3. The number of carbonyl (C=O) groups excluding carboxylic acids is 1. The molecule has 106 valence electrons. The molecule has 5 nitrogen and oxygen atoms in total. The van der Waals surface area contributed by atoms with Gasteiger partial charge in [0.15, 0.2) is 8.68 Å². The first-order chi connectivity index (χ1) is 9.58. The number of carbonyl (C=O) groups is 1. The van der Waals surface area contributed by atoms with Gasteiger partial charge in [-0.15, -0.1) is 10.2 Å². The molecule has 0 unspecified atom stereocenters. The molecule has 2 aromatic rings. The van der Waals surface area contributed by atoms with E-state index in [0.717, 1.165) is 8.68 Å². The van der Waals surface area contributed by atoms with Crippen molar-refractivity contribution in [2.24, 2.45) is 0 Å². The van der Waals surface area contributed by atoms with Gasteiger partial charge >= 0.3 is 0 Å². The highest BCUT2D eigenvalue weighted by molar-refractivity contribution is 8.03. The van der Waals surface area contributed by atoms with E-state index in [-0.39, 0.29) is 11.7 Å². The van der Waals surface area contributed by atoms with Crippen LogP contribution in [0, 0.1) is 0 Å². The van der Waals surface area contributed by atoms with E-state index in [1.807, 2.05) is 6.26 Å². The van der Waals surface area contributed by atoms with E-state index >= 15 is 0 Å². The SMILES string of the molecule is CSc1nnc(SCC(=O)Nc2cc(N)ccc2Cl)s1. The molecule has 2 rings (SSSR count). The summed E-state index contributed by atoms with van der Waals surface area (Å²) in [5.74, 6) is 0.0807. The number of nitrogens with one attached hydrogen (secondary N) is 1. The molecule has 0 atom stereocenters. The van der Waals surface area contributed by atoms with Crippen LogP contribution in [0.3, 0.4) is 0 Å². The number of benzene rings is 1. The van der Waals surface area contributed by atoms with Crippen LogP contribution in [0.5, 0.6) is 0 Å². The molecular weight excluding hydrogens is 336 g/mol. The van der Waals surface area contributed by atoms with Crippen LogP contribution in [0.4, 0.5) is 11.4 Å². The fraction of sp³-hybridized carbons (Fsp3) is 0.182. The van der Waals surface area contributed by atoms with E-state index in [9.17, 15) is 4.79 Å². The normalized spacial score (nSPS) is 10.5. The first-order valence-electron chi connectivity index (χ1n) is 5.43. The predicted molar refractivity (Wildman–Crippen MR) is 86.9 cm³/mol. The van der Waals surface area contributed by atoms with Crippen LogP contribution in [-0.2, 0) is 4.79 Å². The molecular formula is C11H11ClN4OS3. The van der Waals surface area contributed by atoms with Crippen LogP contribution < -0.4 is 11.1 Å². The van der Waals surface area contributed by atoms with Gasteiger partial charge in [0.05, 0.1) is 16.5 Å². The molecule has 0 aliphatic carbocycles. The number of nitrogens with two attached hydrogens (primary N) is 1. The Labute approximate surface area is 133 Å². The zero-order valence-electron chi connectivity index (χ0n) is 10.4. The lowest BCUT2D eigenvalue weighted by Gasteiger charge is -2.07. The Kier molecular flexibility index (Phi) is 5.53. The Balaban J connectivity index is 1.90. The van der Waals surface area contributed by atoms with E-state index in [1.165, 1.54) is 34.9 Å². The Morgan fingerprint density at radius 2 is 2.20 bits per heavy atom. The molecule has 0 saturated carbocycles. The third-order valence-electron chi connectivity index (χ3n) is 2.15. The average Bonchev–Trinajstić information content (AvgIpc) is 2.89. The van der Waals surface area contributed by atoms with Crippen LogP contribution in [0.25, 0.3) is 0 Å². The minimum Gasteiger partial charge on any atom is -0.399 e. The number of anilines is 2. The van der Waals surface area contributed by atoms with E-state index in [1.54, 1.807) is 18.2 Å². The highest BCUT2D eigenvalue weighted by atomic mass is 35.5. The van der Waals surface area contributed by atoms with Gasteiger partial charge in [0.25, 0.3) is 0 Å². The molecule has 0 bridgehead atoms. The number of hydrogen-bond donors (Lipinski definition) is 2. The van der Waals surface area contributed by atoms with Crippen LogP contribution in [0.2, 0.25) is 5.02 Å². The number of aromatic nitrogens is 2. The molecule has 0 spiro atoms. The van der Waals surface area contributed by atoms with Crippen molar-refractivity contribution in [3.05, 3.63) is 23.2 Å². The lowest BCUT2D eigenvalue weighted by atomic mass is 10.3. The highest BCUT2D eigenvalue weighted by Gasteiger charge is 2.09. The molecule has 1 aromatic carbocycles. The Morgan fingerprint density at radius 1 is 1.45 bits per heavy atom. The third kappa shape index (κ3) is 4.27. The molecule has 0 aliphatic heterocycles. The zero-order chi connectivity index (χ0) is 14.5. The van der Waals surface area contributed by atoms with Gasteiger partial charge in [-0.25, -0.2) is 0 Å². The largest absolute Gasteiger partial charge is 0.399 e. The fourth-order valence-electron chi connectivity index (χ4n) is 1.29. The van der Waals surface area contributed by atoms with Gasteiger partial charge in [0.1, 0.15) is 0 Å². The first kappa shape index (κ1) is 15.4. The average molecular weight is 347 g/mol. The van der Waals surface area contributed by atoms with Crippen molar-refractivity contribution in [1.82, 2.24) is 10.2 Å². The maximum atomic E-state index is 11.8. The number of thioether (sulfide) groups is 2. The number of halogens is 1. The number of nitrogens with zero attached hydrogens (tertiary/aromatic N) is 2. The van der Waals surface area contributed by atoms with Crippen molar-refractivity contribution in [3.8, 4) is 0 Å². The van der Waals surface area contributed by atoms with E-state index in [0.29, 0.717) is 16.4 Å². The van der Waals surface area contributed by atoms with Crippen LogP contribution in [0.15, 0.2) is 26.9 Å². The maximum Gasteiger partial charge on any atom is 0.234 e. The number of rotatable bonds is 5. The maximum absolute atomic E-state index is 11.8. The molecule has 1 amide bonds. The topological polar surface area (TPSA) is 80.9 Å². The van der Waals surface area contributed by atoms with Crippen molar-refractivity contribution in [3.63, 3.8) is 0 Å². The first-order valence-corrected chi connectivity index (χ1v) is 8.84. The van der Waals surface area contributed by atoms with Gasteiger partial charge in [0.2, 0.25) is 5.91 Å². The standard InChI is InChI=1S/C11H11ClN4OS3/c1-18-10-15-16-11(20-10)19-5-9(17)14-8-4-6(13)2-3-7(8)12/h2-4H,5,13H2,1H3,(H,14,17). The van der Waals surface area contributed by atoms with Gasteiger partial charge in [-0.2, -0.15) is 0 Å². The molecule has 0 saturated heterocycles. The van der Waals surface area contributed by atoms with Crippen molar-refractivity contribution in [1.29, 1.82) is 0 Å². The Morgan fingerprint density at radius 3 is 2.90 bits per heavy atom. The molecule has 9 heteroatoms. The van der Waals surface area contributed by atoms with Crippen LogP contribution in [-0.4, -0.2) is 28.1 Å². The zero-order valence-corrected chi connectivity index (χ0v) is 13.6. The van der Waals surface area contributed by atoms with Gasteiger partial charge in [-0.1, -0.05) is 46.5 Å². The van der Waals surface area contributed by atoms with Gasteiger partial charge in [-0.3, -0.25) is 4.79 Å². The monoisotopic (exact) mass is 346 g/mol. The smallest absolute Gasteiger partial charge is 0.234 e. The van der Waals surface area contributed by atoms with E-state index in [2.05, 4.69) is 15.5 Å². The van der Waals surface area contributed by atoms with Crippen molar-refractivity contribution >= 4 is 63.7 Å². The van der Waals surface area contributed by atoms with Crippen molar-refractivity contribution < 1.29 is 4.79 Å². The molecule has 3 N–H and O–H groups in total. The van der Waals surface area contributed by atoms with Gasteiger partial charge in [-0.05, 0) is 24.5 Å². The number of amides is 1. The summed E-state index contributed by atoms with van der Waals surface area (Å²) in [7, 11) is 0. The lowest BCUT2D eigenvalue weighted by molar-refractivity contribution is -0.113. The molecule has 1 aromatic heterocycles. The second-order valence-electron chi connectivity index (χ2n) is 3.61. The van der Waals surface area contributed by atoms with Crippen LogP contribution in [0.1, 0.15) is 0 Å². The number of hydrogen-bond acceptors (Lipinski definition) is 7. The van der Waals surface area contributed by atoms with Gasteiger partial charge < -0.3 is 11.1 Å². The Bertz CT molecular complexity index is 619. The lowest BCUT2D eigenvalue weighted by Crippen LogP contribution is -2.14. The second kappa shape index (κ2) is 7.16. The molecule has 0 radical (unpaired) electrons. The van der Waals surface area contributed by atoms with E-state index in [4.69, 9.17) is 17.3 Å². The highest BCUT2D eigenvalue weighted by Crippen LogP contribution is 2.28. The van der Waals surface area contributed by atoms with Gasteiger partial charge in [0, 0.05) is 5.69 Å². The minimum absolute atomic E-state index is 0.164. The molecule has 20 heavy (non-hydrogen) atoms.